The number of guanidine groups is 1. The lowest BCUT2D eigenvalue weighted by atomic mass is 9.93. The van der Waals surface area contributed by atoms with Gasteiger partial charge in [-0.15, -0.1) is 0 Å². The van der Waals surface area contributed by atoms with Crippen molar-refractivity contribution in [3.63, 3.8) is 0 Å². The molecule has 1 heterocycles. The van der Waals surface area contributed by atoms with Crippen molar-refractivity contribution in [2.75, 3.05) is 20.3 Å². The molecular weight excluding hydrogens is 302 g/mol. The van der Waals surface area contributed by atoms with Crippen molar-refractivity contribution in [1.82, 2.24) is 5.32 Å². The molecule has 1 aliphatic heterocycles. The fourth-order valence-corrected chi connectivity index (χ4v) is 2.92. The number of benzene rings is 2. The molecule has 1 atom stereocenters. The van der Waals surface area contributed by atoms with Gasteiger partial charge in [-0.25, -0.2) is 4.99 Å². The minimum atomic E-state index is 0.384. The number of fused-ring (bicyclic) bond motifs is 1. The molecule has 126 valence electrons. The van der Waals surface area contributed by atoms with E-state index in [9.17, 15) is 0 Å². The highest BCUT2D eigenvalue weighted by Crippen LogP contribution is 2.32. The topological polar surface area (TPSA) is 68.9 Å². The number of aliphatic imine (C=N–C) groups is 1. The molecule has 2 aromatic carbocycles. The standard InChI is InChI=1S/C19H23N3O2/c1-23-17-8-4-2-6-15(17)13-22-19(20)21-12-14-10-11-24-18-9-5-3-7-16(14)18/h2-9,14H,10-13H2,1H3,(H3,20,21,22). The SMILES string of the molecule is COc1ccccc1CN=C(N)NCC1CCOc2ccccc21. The normalized spacial score (nSPS) is 16.9. The molecule has 2 aromatic rings. The largest absolute Gasteiger partial charge is 0.496 e. The molecule has 0 radical (unpaired) electrons. The van der Waals surface area contributed by atoms with Crippen LogP contribution in [0.15, 0.2) is 53.5 Å². The minimum absolute atomic E-state index is 0.384. The van der Waals surface area contributed by atoms with Crippen LogP contribution in [0.1, 0.15) is 23.5 Å². The molecule has 1 aliphatic rings. The van der Waals surface area contributed by atoms with Gasteiger partial charge in [0.25, 0.3) is 0 Å². The predicted octanol–water partition coefficient (Wildman–Crippen LogP) is 2.67. The third kappa shape index (κ3) is 3.79. The molecule has 3 rings (SSSR count). The molecule has 3 N–H and O–H groups in total. The summed E-state index contributed by atoms with van der Waals surface area (Å²) in [6, 6.07) is 16.0. The van der Waals surface area contributed by atoms with Gasteiger partial charge in [0.2, 0.25) is 0 Å². The van der Waals surface area contributed by atoms with Gasteiger partial charge >= 0.3 is 0 Å². The van der Waals surface area contributed by atoms with E-state index in [1.165, 1.54) is 5.56 Å². The Morgan fingerprint density at radius 2 is 2.04 bits per heavy atom. The van der Waals surface area contributed by atoms with Gasteiger partial charge in [-0.3, -0.25) is 0 Å². The highest BCUT2D eigenvalue weighted by atomic mass is 16.5. The number of nitrogens with zero attached hydrogens (tertiary/aromatic N) is 1. The van der Waals surface area contributed by atoms with E-state index in [4.69, 9.17) is 15.2 Å². The number of nitrogens with one attached hydrogen (secondary N) is 1. The zero-order valence-corrected chi connectivity index (χ0v) is 13.9. The number of methoxy groups -OCH3 is 1. The van der Waals surface area contributed by atoms with Crippen LogP contribution in [0.25, 0.3) is 0 Å². The average molecular weight is 325 g/mol. The van der Waals surface area contributed by atoms with E-state index in [2.05, 4.69) is 16.4 Å². The molecule has 0 fully saturated rings. The summed E-state index contributed by atoms with van der Waals surface area (Å²) >= 11 is 0. The summed E-state index contributed by atoms with van der Waals surface area (Å²) in [6.45, 7) is 1.98. The van der Waals surface area contributed by atoms with Crippen LogP contribution in [-0.2, 0) is 6.54 Å². The van der Waals surface area contributed by atoms with Crippen molar-refractivity contribution < 1.29 is 9.47 Å². The first kappa shape index (κ1) is 16.2. The molecule has 1 unspecified atom stereocenters. The zero-order chi connectivity index (χ0) is 16.8. The zero-order valence-electron chi connectivity index (χ0n) is 13.9. The summed E-state index contributed by atoms with van der Waals surface area (Å²) in [5.74, 6) is 2.63. The lowest BCUT2D eigenvalue weighted by Gasteiger charge is -2.26. The number of nitrogens with two attached hydrogens (primary N) is 1. The van der Waals surface area contributed by atoms with E-state index in [1.807, 2.05) is 42.5 Å². The van der Waals surface area contributed by atoms with E-state index in [1.54, 1.807) is 7.11 Å². The van der Waals surface area contributed by atoms with Gasteiger partial charge < -0.3 is 20.5 Å². The van der Waals surface area contributed by atoms with E-state index in [0.29, 0.717) is 18.4 Å². The van der Waals surface area contributed by atoms with Gasteiger partial charge in [-0.2, -0.15) is 0 Å². The van der Waals surface area contributed by atoms with Crippen molar-refractivity contribution >= 4 is 5.96 Å². The molecule has 24 heavy (non-hydrogen) atoms. The third-order valence-electron chi connectivity index (χ3n) is 4.22. The van der Waals surface area contributed by atoms with Crippen molar-refractivity contribution in [1.29, 1.82) is 0 Å². The maximum Gasteiger partial charge on any atom is 0.188 e. The van der Waals surface area contributed by atoms with Crippen molar-refractivity contribution in [2.24, 2.45) is 10.7 Å². The molecule has 5 nitrogen and oxygen atoms in total. The minimum Gasteiger partial charge on any atom is -0.496 e. The molecule has 0 amide bonds. The maximum absolute atomic E-state index is 6.02. The molecule has 0 aromatic heterocycles. The Morgan fingerprint density at radius 1 is 1.25 bits per heavy atom. The summed E-state index contributed by atoms with van der Waals surface area (Å²) < 4.78 is 11.0. The Labute approximate surface area is 142 Å². The predicted molar refractivity (Wildman–Crippen MR) is 95.6 cm³/mol. The number of para-hydroxylation sites is 2. The number of rotatable bonds is 5. The van der Waals surface area contributed by atoms with Crippen LogP contribution >= 0.6 is 0 Å². The van der Waals surface area contributed by atoms with Gasteiger partial charge in [0.15, 0.2) is 5.96 Å². The molecule has 5 heteroatoms. The molecule has 0 bridgehead atoms. The Hall–Kier alpha value is -2.69. The number of hydrogen-bond acceptors (Lipinski definition) is 3. The Bertz CT molecular complexity index is 715. The van der Waals surface area contributed by atoms with Gasteiger partial charge in [-0.1, -0.05) is 36.4 Å². The molecule has 0 saturated carbocycles. The van der Waals surface area contributed by atoms with Crippen LogP contribution in [-0.4, -0.2) is 26.2 Å². The number of ether oxygens (including phenoxy) is 2. The first-order valence-corrected chi connectivity index (χ1v) is 8.15. The smallest absolute Gasteiger partial charge is 0.188 e. The maximum atomic E-state index is 6.02. The van der Waals surface area contributed by atoms with Gasteiger partial charge in [0.05, 0.1) is 20.3 Å². The van der Waals surface area contributed by atoms with Gasteiger partial charge in [0, 0.05) is 18.0 Å². The van der Waals surface area contributed by atoms with E-state index in [0.717, 1.165) is 36.6 Å². The lowest BCUT2D eigenvalue weighted by molar-refractivity contribution is 0.267. The van der Waals surface area contributed by atoms with Crippen molar-refractivity contribution in [3.8, 4) is 11.5 Å². The van der Waals surface area contributed by atoms with E-state index >= 15 is 0 Å². The second-order valence-electron chi connectivity index (χ2n) is 5.77. The number of hydrogen-bond donors (Lipinski definition) is 2. The van der Waals surface area contributed by atoms with Crippen molar-refractivity contribution in [2.45, 2.75) is 18.9 Å². The first-order chi connectivity index (χ1) is 11.8. The summed E-state index contributed by atoms with van der Waals surface area (Å²) in [7, 11) is 1.66. The molecule has 0 spiro atoms. The summed E-state index contributed by atoms with van der Waals surface area (Å²) in [4.78, 5) is 4.42. The van der Waals surface area contributed by atoms with Crippen LogP contribution < -0.4 is 20.5 Å². The second-order valence-corrected chi connectivity index (χ2v) is 5.77. The van der Waals surface area contributed by atoms with Crippen LogP contribution in [0.2, 0.25) is 0 Å². The summed E-state index contributed by atoms with van der Waals surface area (Å²) in [5.41, 5.74) is 8.26. The van der Waals surface area contributed by atoms with Gasteiger partial charge in [-0.05, 0) is 24.1 Å². The fraction of sp³-hybridized carbons (Fsp3) is 0.316. The molecule has 0 saturated heterocycles. The highest BCUT2D eigenvalue weighted by Gasteiger charge is 2.20. The van der Waals surface area contributed by atoms with Crippen LogP contribution in [0, 0.1) is 0 Å². The van der Waals surface area contributed by atoms with Gasteiger partial charge in [0.1, 0.15) is 11.5 Å². The monoisotopic (exact) mass is 325 g/mol. The summed E-state index contributed by atoms with van der Waals surface area (Å²) in [5, 5.41) is 3.23. The Balaban J connectivity index is 1.59. The lowest BCUT2D eigenvalue weighted by Crippen LogP contribution is -2.36. The Morgan fingerprint density at radius 3 is 2.92 bits per heavy atom. The molecular formula is C19H23N3O2. The average Bonchev–Trinajstić information content (AvgIpc) is 2.64. The highest BCUT2D eigenvalue weighted by molar-refractivity contribution is 5.77. The summed E-state index contributed by atoms with van der Waals surface area (Å²) in [6.07, 6.45) is 0.976. The second kappa shape index (κ2) is 7.73. The van der Waals surface area contributed by atoms with E-state index < -0.39 is 0 Å². The van der Waals surface area contributed by atoms with Crippen molar-refractivity contribution in [3.05, 3.63) is 59.7 Å². The van der Waals surface area contributed by atoms with Crippen LogP contribution in [0.3, 0.4) is 0 Å². The molecule has 0 aliphatic carbocycles. The fourth-order valence-electron chi connectivity index (χ4n) is 2.92. The van der Waals surface area contributed by atoms with Crippen LogP contribution in [0.5, 0.6) is 11.5 Å². The Kier molecular flexibility index (Phi) is 5.21. The quantitative estimate of drug-likeness (QED) is 0.655. The first-order valence-electron chi connectivity index (χ1n) is 8.15. The third-order valence-corrected chi connectivity index (χ3v) is 4.22. The van der Waals surface area contributed by atoms with E-state index in [-0.39, 0.29) is 0 Å². The van der Waals surface area contributed by atoms with Crippen LogP contribution in [0.4, 0.5) is 0 Å².